The van der Waals surface area contributed by atoms with Gasteiger partial charge in [-0.2, -0.15) is 0 Å². The quantitative estimate of drug-likeness (QED) is 0.803. The van der Waals surface area contributed by atoms with Gasteiger partial charge in [-0.1, -0.05) is 12.1 Å². The monoisotopic (exact) mass is 335 g/mol. The Kier molecular flexibility index (Phi) is 4.70. The first-order valence-corrected chi connectivity index (χ1v) is 6.81. The summed E-state index contributed by atoms with van der Waals surface area (Å²) in [5, 5.41) is 14.8. The highest BCUT2D eigenvalue weighted by atomic mass is 79.9. The lowest BCUT2D eigenvalue weighted by atomic mass is 10.1. The summed E-state index contributed by atoms with van der Waals surface area (Å²) in [6.45, 7) is 1.69. The molecule has 0 saturated heterocycles. The normalized spacial score (nSPS) is 11.8. The molecule has 2 amide bonds. The minimum atomic E-state index is -0.523. The largest absolute Gasteiger partial charge is 0.389 e. The van der Waals surface area contributed by atoms with Crippen LogP contribution < -0.4 is 10.6 Å². The number of urea groups is 1. The van der Waals surface area contributed by atoms with E-state index in [-0.39, 0.29) is 6.03 Å². The highest BCUT2D eigenvalue weighted by Gasteiger charge is 2.06. The van der Waals surface area contributed by atoms with Crippen LogP contribution in [-0.2, 0) is 0 Å². The molecule has 1 aromatic heterocycles. The van der Waals surface area contributed by atoms with Crippen LogP contribution in [0.15, 0.2) is 47.2 Å². The Morgan fingerprint density at radius 1 is 1.25 bits per heavy atom. The SMILES string of the molecule is CC(O)c1ccc(NC(=O)Nc2ccncc2Br)cc1. The van der Waals surface area contributed by atoms with Gasteiger partial charge >= 0.3 is 6.03 Å². The van der Waals surface area contributed by atoms with Crippen LogP contribution in [0.5, 0.6) is 0 Å². The number of nitrogens with zero attached hydrogens (tertiary/aromatic N) is 1. The van der Waals surface area contributed by atoms with E-state index in [1.165, 1.54) is 0 Å². The molecule has 3 N–H and O–H groups in total. The molecular formula is C14H14BrN3O2. The van der Waals surface area contributed by atoms with Crippen LogP contribution in [0.4, 0.5) is 16.2 Å². The maximum atomic E-state index is 11.8. The lowest BCUT2D eigenvalue weighted by Crippen LogP contribution is -2.19. The fourth-order valence-electron chi connectivity index (χ4n) is 1.61. The average Bonchev–Trinajstić information content (AvgIpc) is 2.42. The zero-order valence-corrected chi connectivity index (χ0v) is 12.4. The van der Waals surface area contributed by atoms with E-state index in [1.807, 2.05) is 0 Å². The number of nitrogens with one attached hydrogen (secondary N) is 2. The number of amides is 2. The summed E-state index contributed by atoms with van der Waals surface area (Å²) in [6, 6.07) is 8.36. The van der Waals surface area contributed by atoms with Gasteiger partial charge in [-0.3, -0.25) is 4.98 Å². The topological polar surface area (TPSA) is 74.2 Å². The molecule has 104 valence electrons. The van der Waals surface area contributed by atoms with Crippen molar-refractivity contribution in [1.82, 2.24) is 4.98 Å². The molecule has 0 aliphatic heterocycles. The van der Waals surface area contributed by atoms with Crippen molar-refractivity contribution in [2.75, 3.05) is 10.6 Å². The Balaban J connectivity index is 1.99. The van der Waals surface area contributed by atoms with E-state index < -0.39 is 6.10 Å². The van der Waals surface area contributed by atoms with Crippen molar-refractivity contribution < 1.29 is 9.90 Å². The second-order valence-electron chi connectivity index (χ2n) is 4.23. The van der Waals surface area contributed by atoms with Crippen molar-refractivity contribution in [3.63, 3.8) is 0 Å². The van der Waals surface area contributed by atoms with Crippen molar-refractivity contribution >= 4 is 33.3 Å². The molecule has 0 bridgehead atoms. The summed E-state index contributed by atoms with van der Waals surface area (Å²) >= 11 is 3.30. The molecule has 0 fully saturated rings. The van der Waals surface area contributed by atoms with Gasteiger partial charge in [0.15, 0.2) is 0 Å². The second kappa shape index (κ2) is 6.49. The molecule has 1 unspecified atom stereocenters. The summed E-state index contributed by atoms with van der Waals surface area (Å²) in [5.41, 5.74) is 2.09. The predicted octanol–water partition coefficient (Wildman–Crippen LogP) is 3.54. The van der Waals surface area contributed by atoms with Crippen LogP contribution in [0, 0.1) is 0 Å². The number of aliphatic hydroxyl groups is 1. The Bertz CT molecular complexity index is 600. The smallest absolute Gasteiger partial charge is 0.323 e. The number of hydrogen-bond donors (Lipinski definition) is 3. The number of benzene rings is 1. The minimum Gasteiger partial charge on any atom is -0.389 e. The third-order valence-corrected chi connectivity index (χ3v) is 3.30. The third-order valence-electron chi connectivity index (χ3n) is 2.67. The molecule has 1 atom stereocenters. The molecule has 6 heteroatoms. The highest BCUT2D eigenvalue weighted by molar-refractivity contribution is 9.10. The molecule has 1 heterocycles. The van der Waals surface area contributed by atoms with Crippen molar-refractivity contribution in [1.29, 1.82) is 0 Å². The van der Waals surface area contributed by atoms with Crippen LogP contribution in [0.25, 0.3) is 0 Å². The molecule has 0 aliphatic carbocycles. The molecule has 0 aliphatic rings. The van der Waals surface area contributed by atoms with E-state index in [1.54, 1.807) is 49.6 Å². The number of anilines is 2. The lowest BCUT2D eigenvalue weighted by molar-refractivity contribution is 0.199. The van der Waals surface area contributed by atoms with E-state index in [0.717, 1.165) is 5.56 Å². The predicted molar refractivity (Wildman–Crippen MR) is 81.7 cm³/mol. The van der Waals surface area contributed by atoms with Crippen LogP contribution in [-0.4, -0.2) is 16.1 Å². The number of aliphatic hydroxyl groups excluding tert-OH is 1. The van der Waals surface area contributed by atoms with Gasteiger partial charge in [-0.15, -0.1) is 0 Å². The van der Waals surface area contributed by atoms with Crippen molar-refractivity contribution in [3.05, 3.63) is 52.8 Å². The Morgan fingerprint density at radius 2 is 1.95 bits per heavy atom. The van der Waals surface area contributed by atoms with E-state index in [0.29, 0.717) is 15.8 Å². The van der Waals surface area contributed by atoms with Crippen LogP contribution in [0.3, 0.4) is 0 Å². The first-order chi connectivity index (χ1) is 9.56. The van der Waals surface area contributed by atoms with Gasteiger partial charge in [0.05, 0.1) is 16.3 Å². The van der Waals surface area contributed by atoms with Crippen molar-refractivity contribution in [3.8, 4) is 0 Å². The number of pyridine rings is 1. The number of aromatic nitrogens is 1. The molecule has 0 spiro atoms. The van der Waals surface area contributed by atoms with E-state index in [2.05, 4.69) is 31.5 Å². The summed E-state index contributed by atoms with van der Waals surface area (Å²) in [4.78, 5) is 15.8. The average molecular weight is 336 g/mol. The van der Waals surface area contributed by atoms with Crippen LogP contribution in [0.2, 0.25) is 0 Å². The van der Waals surface area contributed by atoms with E-state index in [9.17, 15) is 9.90 Å². The lowest BCUT2D eigenvalue weighted by Gasteiger charge is -2.10. The third kappa shape index (κ3) is 3.79. The molecule has 1 aromatic carbocycles. The fourth-order valence-corrected chi connectivity index (χ4v) is 1.96. The zero-order chi connectivity index (χ0) is 14.5. The van der Waals surface area contributed by atoms with Gasteiger partial charge in [0.25, 0.3) is 0 Å². The van der Waals surface area contributed by atoms with E-state index in [4.69, 9.17) is 0 Å². The maximum absolute atomic E-state index is 11.8. The molecule has 2 aromatic rings. The van der Waals surface area contributed by atoms with Crippen molar-refractivity contribution in [2.45, 2.75) is 13.0 Å². The molecule has 0 radical (unpaired) electrons. The first-order valence-electron chi connectivity index (χ1n) is 6.02. The summed E-state index contributed by atoms with van der Waals surface area (Å²) in [6.07, 6.45) is 2.68. The Morgan fingerprint density at radius 3 is 2.55 bits per heavy atom. The highest BCUT2D eigenvalue weighted by Crippen LogP contribution is 2.20. The van der Waals surface area contributed by atoms with Gasteiger partial charge in [-0.05, 0) is 46.6 Å². The first kappa shape index (κ1) is 14.5. The zero-order valence-electron chi connectivity index (χ0n) is 10.8. The maximum Gasteiger partial charge on any atom is 0.323 e. The molecule has 20 heavy (non-hydrogen) atoms. The standard InChI is InChI=1S/C14H14BrN3O2/c1-9(19)10-2-4-11(5-3-10)17-14(20)18-13-6-7-16-8-12(13)15/h2-9,19H,1H3,(H2,16,17,18,20). The molecular weight excluding hydrogens is 322 g/mol. The van der Waals surface area contributed by atoms with Crippen LogP contribution in [0.1, 0.15) is 18.6 Å². The summed E-state index contributed by atoms with van der Waals surface area (Å²) in [7, 11) is 0. The van der Waals surface area contributed by atoms with Gasteiger partial charge in [0, 0.05) is 18.1 Å². The van der Waals surface area contributed by atoms with Gasteiger partial charge in [0.1, 0.15) is 0 Å². The van der Waals surface area contributed by atoms with Gasteiger partial charge in [0.2, 0.25) is 0 Å². The van der Waals surface area contributed by atoms with Crippen molar-refractivity contribution in [2.24, 2.45) is 0 Å². The van der Waals surface area contributed by atoms with Gasteiger partial charge < -0.3 is 15.7 Å². The Labute approximate surface area is 125 Å². The molecule has 2 rings (SSSR count). The number of rotatable bonds is 3. The number of halogens is 1. The van der Waals surface area contributed by atoms with Crippen LogP contribution >= 0.6 is 15.9 Å². The number of hydrogen-bond acceptors (Lipinski definition) is 3. The molecule has 5 nitrogen and oxygen atoms in total. The Hall–Kier alpha value is -1.92. The second-order valence-corrected chi connectivity index (χ2v) is 5.09. The summed E-state index contributed by atoms with van der Waals surface area (Å²) < 4.78 is 0.708. The minimum absolute atomic E-state index is 0.346. The number of carbonyl (C=O) groups excluding carboxylic acids is 1. The molecule has 0 saturated carbocycles. The van der Waals surface area contributed by atoms with Gasteiger partial charge in [-0.25, -0.2) is 4.79 Å². The van der Waals surface area contributed by atoms with E-state index >= 15 is 0 Å². The number of carbonyl (C=O) groups is 1. The summed E-state index contributed by atoms with van der Waals surface area (Å²) in [5.74, 6) is 0. The fraction of sp³-hybridized carbons (Fsp3) is 0.143.